The first-order valence-electron chi connectivity index (χ1n) is 10.1. The van der Waals surface area contributed by atoms with E-state index in [4.69, 9.17) is 19.9 Å². The molecule has 0 aliphatic heterocycles. The van der Waals surface area contributed by atoms with Gasteiger partial charge in [-0.2, -0.15) is 0 Å². The number of carbonyl (C=O) groups is 2. The summed E-state index contributed by atoms with van der Waals surface area (Å²) in [5.74, 6) is -0.0746. The number of aryl methyl sites for hydroxylation is 2. The molecule has 0 aromatic heterocycles. The molecule has 0 fully saturated rings. The smallest absolute Gasteiger partial charge is 0.281 e. The highest BCUT2D eigenvalue weighted by Crippen LogP contribution is 2.41. The van der Waals surface area contributed by atoms with Gasteiger partial charge in [-0.05, 0) is 61.1 Å². The van der Waals surface area contributed by atoms with Gasteiger partial charge >= 0.3 is 0 Å². The molecule has 0 unspecified atom stereocenters. The Morgan fingerprint density at radius 1 is 0.806 bits per heavy atom. The van der Waals surface area contributed by atoms with Crippen LogP contribution in [-0.4, -0.2) is 35.4 Å². The molecule has 0 atom stereocenters. The molecule has 0 spiro atoms. The molecule has 0 aliphatic rings. The number of amides is 2. The van der Waals surface area contributed by atoms with Crippen LogP contribution in [0.2, 0.25) is 0 Å². The van der Waals surface area contributed by atoms with E-state index in [2.05, 4.69) is 26.0 Å². The summed E-state index contributed by atoms with van der Waals surface area (Å²) in [5.41, 5.74) is 6.89. The molecule has 31 heavy (non-hydrogen) atoms. The molecule has 2 aromatic rings. The lowest BCUT2D eigenvalue weighted by molar-refractivity contribution is -0.131. The van der Waals surface area contributed by atoms with Gasteiger partial charge in [-0.3, -0.25) is 20.0 Å². The zero-order valence-electron chi connectivity index (χ0n) is 18.3. The maximum Gasteiger partial charge on any atom is 0.281 e. The number of nitrogens with one attached hydrogen (secondary N) is 2. The van der Waals surface area contributed by atoms with Gasteiger partial charge in [0.2, 0.25) is 0 Å². The van der Waals surface area contributed by atoms with Gasteiger partial charge < -0.3 is 9.47 Å². The van der Waals surface area contributed by atoms with Crippen LogP contribution in [0.5, 0.6) is 11.5 Å². The van der Waals surface area contributed by atoms with Gasteiger partial charge in [0.05, 0.1) is 0 Å². The third-order valence-corrected chi connectivity index (χ3v) is 5.63. The number of benzene rings is 2. The molecular weight excluding hydrogens is 400 g/mol. The summed E-state index contributed by atoms with van der Waals surface area (Å²) in [4.78, 5) is 22.5. The van der Waals surface area contributed by atoms with E-state index in [0.29, 0.717) is 11.5 Å². The summed E-state index contributed by atoms with van der Waals surface area (Å²) in [6.45, 7) is 7.58. The van der Waals surface area contributed by atoms with Crippen LogP contribution in [-0.2, 0) is 15.0 Å². The molecular formula is C23H30N2O6. The van der Waals surface area contributed by atoms with E-state index in [1.165, 1.54) is 0 Å². The Morgan fingerprint density at radius 3 is 1.48 bits per heavy atom. The maximum absolute atomic E-state index is 11.2. The molecule has 4 N–H and O–H groups in total. The van der Waals surface area contributed by atoms with Crippen molar-refractivity contribution in [2.75, 3.05) is 13.2 Å². The summed E-state index contributed by atoms with van der Waals surface area (Å²) in [6, 6.07) is 11.8. The van der Waals surface area contributed by atoms with Crippen molar-refractivity contribution in [3.8, 4) is 11.5 Å². The van der Waals surface area contributed by atoms with Crippen molar-refractivity contribution in [1.29, 1.82) is 0 Å². The van der Waals surface area contributed by atoms with Gasteiger partial charge in [0, 0.05) is 5.41 Å². The fraction of sp³-hybridized carbons (Fsp3) is 0.391. The Balaban J connectivity index is 2.35. The van der Waals surface area contributed by atoms with Crippen LogP contribution in [0.15, 0.2) is 36.4 Å². The van der Waals surface area contributed by atoms with Gasteiger partial charge in [-0.25, -0.2) is 11.0 Å². The SMILES string of the molecule is CCC(CC)(c1ccc(OCC(=O)NO)c(C)c1)c1ccc(OCC(=O)NO)c(C)c1. The average Bonchev–Trinajstić information content (AvgIpc) is 2.78. The van der Waals surface area contributed by atoms with Gasteiger partial charge in [0.25, 0.3) is 11.8 Å². The molecule has 8 nitrogen and oxygen atoms in total. The summed E-state index contributed by atoms with van der Waals surface area (Å²) < 4.78 is 11.0. The molecule has 0 bridgehead atoms. The van der Waals surface area contributed by atoms with Gasteiger partial charge in [0.1, 0.15) is 11.5 Å². The third-order valence-electron chi connectivity index (χ3n) is 5.63. The van der Waals surface area contributed by atoms with Crippen LogP contribution in [0.25, 0.3) is 0 Å². The van der Waals surface area contributed by atoms with Crippen molar-refractivity contribution in [3.63, 3.8) is 0 Å². The highest BCUT2D eigenvalue weighted by molar-refractivity contribution is 5.76. The van der Waals surface area contributed by atoms with Crippen molar-refractivity contribution < 1.29 is 29.5 Å². The standard InChI is InChI=1S/C23H30N2O6/c1-5-23(6-2,17-7-9-19(15(3)11-17)30-13-21(26)24-28)18-8-10-20(16(4)12-18)31-14-22(27)25-29/h7-12,28-29H,5-6,13-14H2,1-4H3,(H,24,26)(H,25,27). The Labute approximate surface area is 182 Å². The summed E-state index contributed by atoms with van der Waals surface area (Å²) in [7, 11) is 0. The number of ether oxygens (including phenoxy) is 2. The summed E-state index contributed by atoms with van der Waals surface area (Å²) in [5, 5.41) is 17.2. The van der Waals surface area contributed by atoms with Crippen molar-refractivity contribution in [2.45, 2.75) is 46.0 Å². The minimum Gasteiger partial charge on any atom is -0.483 e. The molecule has 0 aliphatic carbocycles. The molecule has 2 rings (SSSR count). The van der Waals surface area contributed by atoms with Gasteiger partial charge in [-0.15, -0.1) is 0 Å². The zero-order chi connectivity index (χ0) is 23.0. The molecule has 0 radical (unpaired) electrons. The van der Waals surface area contributed by atoms with Crippen LogP contribution in [0.3, 0.4) is 0 Å². The van der Waals surface area contributed by atoms with Crippen LogP contribution in [0, 0.1) is 13.8 Å². The minimum atomic E-state index is -0.616. The second-order valence-corrected chi connectivity index (χ2v) is 7.40. The number of hydroxylamine groups is 2. The predicted molar refractivity (Wildman–Crippen MR) is 115 cm³/mol. The second kappa shape index (κ2) is 10.8. The highest BCUT2D eigenvalue weighted by Gasteiger charge is 2.31. The number of hydrogen-bond acceptors (Lipinski definition) is 6. The van der Waals surface area contributed by atoms with Crippen LogP contribution in [0.4, 0.5) is 0 Å². The minimum absolute atomic E-state index is 0.239. The van der Waals surface area contributed by atoms with E-state index in [9.17, 15) is 9.59 Å². The van der Waals surface area contributed by atoms with E-state index >= 15 is 0 Å². The number of hydrogen-bond donors (Lipinski definition) is 4. The lowest BCUT2D eigenvalue weighted by atomic mass is 9.70. The molecule has 0 saturated carbocycles. The van der Waals surface area contributed by atoms with Gasteiger partial charge in [-0.1, -0.05) is 38.1 Å². The van der Waals surface area contributed by atoms with Crippen LogP contribution in [0.1, 0.15) is 48.9 Å². The fourth-order valence-electron chi connectivity index (χ4n) is 3.80. The topological polar surface area (TPSA) is 117 Å². The van der Waals surface area contributed by atoms with Crippen LogP contribution >= 0.6 is 0 Å². The highest BCUT2D eigenvalue weighted by atomic mass is 16.5. The summed E-state index contributed by atoms with van der Waals surface area (Å²) >= 11 is 0. The number of rotatable bonds is 10. The lowest BCUT2D eigenvalue weighted by Gasteiger charge is -2.34. The monoisotopic (exact) mass is 430 g/mol. The zero-order valence-corrected chi connectivity index (χ0v) is 18.3. The Morgan fingerprint density at radius 2 is 1.19 bits per heavy atom. The quantitative estimate of drug-likeness (QED) is 0.340. The van der Waals surface area contributed by atoms with E-state index in [-0.39, 0.29) is 18.6 Å². The average molecular weight is 431 g/mol. The first-order chi connectivity index (χ1) is 14.8. The van der Waals surface area contributed by atoms with Crippen molar-refractivity contribution in [3.05, 3.63) is 58.7 Å². The van der Waals surface area contributed by atoms with Gasteiger partial charge in [0.15, 0.2) is 13.2 Å². The van der Waals surface area contributed by atoms with E-state index in [1.807, 2.05) is 38.1 Å². The Hall–Kier alpha value is -3.10. The molecule has 8 heteroatoms. The largest absolute Gasteiger partial charge is 0.483 e. The van der Waals surface area contributed by atoms with Crippen molar-refractivity contribution >= 4 is 11.8 Å². The third kappa shape index (κ3) is 5.53. The Bertz CT molecular complexity index is 853. The molecule has 2 aromatic carbocycles. The number of carbonyl (C=O) groups excluding carboxylic acids is 2. The first kappa shape index (κ1) is 24.2. The summed E-state index contributed by atoms with van der Waals surface area (Å²) in [6.07, 6.45) is 1.73. The lowest BCUT2D eigenvalue weighted by Crippen LogP contribution is -2.27. The Kier molecular flexibility index (Phi) is 8.41. The normalized spacial score (nSPS) is 11.0. The van der Waals surface area contributed by atoms with E-state index in [1.54, 1.807) is 11.0 Å². The molecule has 168 valence electrons. The van der Waals surface area contributed by atoms with E-state index in [0.717, 1.165) is 35.1 Å². The van der Waals surface area contributed by atoms with Crippen molar-refractivity contribution in [1.82, 2.24) is 11.0 Å². The maximum atomic E-state index is 11.2. The van der Waals surface area contributed by atoms with Crippen LogP contribution < -0.4 is 20.4 Å². The molecule has 0 saturated heterocycles. The predicted octanol–water partition coefficient (Wildman–Crippen LogP) is 3.18. The van der Waals surface area contributed by atoms with Crippen molar-refractivity contribution in [2.24, 2.45) is 0 Å². The second-order valence-electron chi connectivity index (χ2n) is 7.40. The molecule has 2 amide bonds. The van der Waals surface area contributed by atoms with E-state index < -0.39 is 11.8 Å². The molecule has 0 heterocycles. The first-order valence-corrected chi connectivity index (χ1v) is 10.1. The fourth-order valence-corrected chi connectivity index (χ4v) is 3.80.